The number of rotatable bonds is 3. The molecule has 1 aliphatic heterocycles. The number of aromatic nitrogens is 2. The Morgan fingerprint density at radius 1 is 1.48 bits per heavy atom. The highest BCUT2D eigenvalue weighted by Gasteiger charge is 2.21. The summed E-state index contributed by atoms with van der Waals surface area (Å²) in [6.07, 6.45) is 2.18. The van der Waals surface area contributed by atoms with Crippen LogP contribution in [-0.4, -0.2) is 45.7 Å². The number of para-hydroxylation sites is 1. The molecule has 1 fully saturated rings. The third kappa shape index (κ3) is 2.58. The first-order valence-corrected chi connectivity index (χ1v) is 7.19. The zero-order valence-corrected chi connectivity index (χ0v) is 12.0. The van der Waals surface area contributed by atoms with Crippen LogP contribution in [-0.2, 0) is 6.54 Å². The van der Waals surface area contributed by atoms with Gasteiger partial charge in [0.1, 0.15) is 0 Å². The van der Waals surface area contributed by atoms with Crippen molar-refractivity contribution in [3.05, 3.63) is 34.2 Å². The minimum atomic E-state index is -1.01. The van der Waals surface area contributed by atoms with Crippen molar-refractivity contribution >= 4 is 17.0 Å². The number of hydrogen-bond acceptors (Lipinski definition) is 3. The second-order valence-corrected chi connectivity index (χ2v) is 5.82. The van der Waals surface area contributed by atoms with Gasteiger partial charge in [0.25, 0.3) is 0 Å². The van der Waals surface area contributed by atoms with Gasteiger partial charge < -0.3 is 15.0 Å². The number of benzene rings is 1. The van der Waals surface area contributed by atoms with E-state index in [0.29, 0.717) is 23.5 Å². The molecule has 2 aromatic rings. The fourth-order valence-electron chi connectivity index (χ4n) is 3.25. The van der Waals surface area contributed by atoms with Crippen molar-refractivity contribution in [3.8, 4) is 0 Å². The molecule has 1 saturated heterocycles. The summed E-state index contributed by atoms with van der Waals surface area (Å²) in [5, 5.41) is 9.33. The lowest BCUT2D eigenvalue weighted by atomic mass is 9.98. The maximum atomic E-state index is 12.2. The molecule has 0 bridgehead atoms. The Bertz CT molecular complexity index is 731. The summed E-state index contributed by atoms with van der Waals surface area (Å²) in [5.74, 6) is -0.628. The Labute approximate surface area is 122 Å². The van der Waals surface area contributed by atoms with Crippen LogP contribution in [0.1, 0.15) is 23.2 Å². The van der Waals surface area contributed by atoms with Gasteiger partial charge in [-0.3, -0.25) is 4.57 Å². The average molecular weight is 289 g/mol. The largest absolute Gasteiger partial charge is 0.478 e. The van der Waals surface area contributed by atoms with Gasteiger partial charge in [0.05, 0.1) is 16.6 Å². The topological polar surface area (TPSA) is 78.3 Å². The average Bonchev–Trinajstić information content (AvgIpc) is 2.75. The highest BCUT2D eigenvalue weighted by molar-refractivity contribution is 6.01. The lowest BCUT2D eigenvalue weighted by Crippen LogP contribution is -2.35. The van der Waals surface area contributed by atoms with Crippen LogP contribution in [0.4, 0.5) is 0 Å². The number of nitrogens with zero attached hydrogens (tertiary/aromatic N) is 2. The number of aromatic amines is 1. The number of imidazole rings is 1. The van der Waals surface area contributed by atoms with E-state index in [0.717, 1.165) is 25.9 Å². The van der Waals surface area contributed by atoms with Crippen molar-refractivity contribution in [1.29, 1.82) is 0 Å². The molecule has 0 radical (unpaired) electrons. The summed E-state index contributed by atoms with van der Waals surface area (Å²) in [6.45, 7) is 2.58. The van der Waals surface area contributed by atoms with Crippen molar-refractivity contribution in [2.45, 2.75) is 19.4 Å². The fraction of sp³-hybridized carbons (Fsp3) is 0.467. The third-order valence-electron chi connectivity index (χ3n) is 4.19. The van der Waals surface area contributed by atoms with Crippen molar-refractivity contribution in [1.82, 2.24) is 14.5 Å². The minimum Gasteiger partial charge on any atom is -0.478 e. The van der Waals surface area contributed by atoms with Gasteiger partial charge in [-0.15, -0.1) is 0 Å². The Hall–Kier alpha value is -2.08. The van der Waals surface area contributed by atoms with E-state index < -0.39 is 5.97 Å². The van der Waals surface area contributed by atoms with E-state index in [-0.39, 0.29) is 11.3 Å². The Balaban J connectivity index is 2.03. The van der Waals surface area contributed by atoms with Crippen LogP contribution >= 0.6 is 0 Å². The minimum absolute atomic E-state index is 0.176. The first-order chi connectivity index (χ1) is 10.1. The summed E-state index contributed by atoms with van der Waals surface area (Å²) in [4.78, 5) is 28.6. The van der Waals surface area contributed by atoms with Gasteiger partial charge in [0.15, 0.2) is 0 Å². The van der Waals surface area contributed by atoms with Gasteiger partial charge in [-0.1, -0.05) is 6.07 Å². The molecule has 0 amide bonds. The zero-order valence-electron chi connectivity index (χ0n) is 12.0. The highest BCUT2D eigenvalue weighted by Crippen LogP contribution is 2.21. The molecule has 6 heteroatoms. The zero-order chi connectivity index (χ0) is 15.0. The Morgan fingerprint density at radius 2 is 2.29 bits per heavy atom. The highest BCUT2D eigenvalue weighted by atomic mass is 16.4. The summed E-state index contributed by atoms with van der Waals surface area (Å²) in [5.41, 5.74) is 1.04. The molecule has 1 atom stereocenters. The predicted octanol–water partition coefficient (Wildman–Crippen LogP) is 1.37. The van der Waals surface area contributed by atoms with E-state index in [9.17, 15) is 14.7 Å². The van der Waals surface area contributed by atoms with Crippen LogP contribution in [0.2, 0.25) is 0 Å². The van der Waals surface area contributed by atoms with Gasteiger partial charge in [-0.25, -0.2) is 9.59 Å². The maximum Gasteiger partial charge on any atom is 0.337 e. The van der Waals surface area contributed by atoms with Crippen LogP contribution in [0.15, 0.2) is 23.0 Å². The molecular formula is C15H19N3O3. The van der Waals surface area contributed by atoms with Crippen LogP contribution in [0.3, 0.4) is 0 Å². The van der Waals surface area contributed by atoms with Gasteiger partial charge in [0.2, 0.25) is 0 Å². The summed E-state index contributed by atoms with van der Waals surface area (Å²) >= 11 is 0. The molecule has 0 saturated carbocycles. The number of nitrogens with one attached hydrogen (secondary N) is 1. The van der Waals surface area contributed by atoms with E-state index in [1.807, 2.05) is 0 Å². The standard InChI is InChI=1S/C15H19N3O3/c1-17-7-3-4-10(8-17)9-18-13-11(14(19)20)5-2-6-12(13)16-15(18)21/h2,5-6,10H,3-4,7-9H2,1H3,(H,16,21)(H,19,20). The molecule has 2 N–H and O–H groups in total. The second kappa shape index (κ2) is 5.37. The van der Waals surface area contributed by atoms with Gasteiger partial charge in [0, 0.05) is 13.1 Å². The number of piperidine rings is 1. The monoisotopic (exact) mass is 289 g/mol. The number of H-pyrrole nitrogens is 1. The van der Waals surface area contributed by atoms with E-state index in [1.54, 1.807) is 22.8 Å². The molecule has 3 rings (SSSR count). The molecule has 0 spiro atoms. The van der Waals surface area contributed by atoms with Gasteiger partial charge >= 0.3 is 11.7 Å². The fourth-order valence-corrected chi connectivity index (χ4v) is 3.25. The summed E-state index contributed by atoms with van der Waals surface area (Å²) in [7, 11) is 2.08. The molecule has 1 aromatic heterocycles. The number of aromatic carboxylic acids is 1. The molecule has 1 aromatic carbocycles. The predicted molar refractivity (Wildman–Crippen MR) is 79.7 cm³/mol. The molecular weight excluding hydrogens is 270 g/mol. The molecule has 112 valence electrons. The molecule has 21 heavy (non-hydrogen) atoms. The maximum absolute atomic E-state index is 12.2. The van der Waals surface area contributed by atoms with Crippen molar-refractivity contribution in [3.63, 3.8) is 0 Å². The van der Waals surface area contributed by atoms with Crippen molar-refractivity contribution in [2.24, 2.45) is 5.92 Å². The smallest absolute Gasteiger partial charge is 0.337 e. The number of carbonyl (C=O) groups is 1. The van der Waals surface area contributed by atoms with Crippen molar-refractivity contribution in [2.75, 3.05) is 20.1 Å². The van der Waals surface area contributed by atoms with Crippen LogP contribution in [0.25, 0.3) is 11.0 Å². The molecule has 6 nitrogen and oxygen atoms in total. The summed E-state index contributed by atoms with van der Waals surface area (Å²) < 4.78 is 1.59. The first-order valence-electron chi connectivity index (χ1n) is 7.19. The van der Waals surface area contributed by atoms with E-state index in [2.05, 4.69) is 16.9 Å². The van der Waals surface area contributed by atoms with Crippen LogP contribution < -0.4 is 5.69 Å². The van der Waals surface area contributed by atoms with Gasteiger partial charge in [-0.2, -0.15) is 0 Å². The van der Waals surface area contributed by atoms with E-state index in [1.165, 1.54) is 0 Å². The number of likely N-dealkylation sites (tertiary alicyclic amines) is 1. The number of carboxylic acids is 1. The number of fused-ring (bicyclic) bond motifs is 1. The molecule has 1 aliphatic rings. The Morgan fingerprint density at radius 3 is 3.00 bits per heavy atom. The quantitative estimate of drug-likeness (QED) is 0.894. The summed E-state index contributed by atoms with van der Waals surface area (Å²) in [6, 6.07) is 4.94. The molecule has 2 heterocycles. The number of carboxylic acid groups (broad SMARTS) is 1. The van der Waals surface area contributed by atoms with Crippen LogP contribution in [0.5, 0.6) is 0 Å². The number of hydrogen-bond donors (Lipinski definition) is 2. The normalized spacial score (nSPS) is 20.0. The first kappa shape index (κ1) is 13.9. The second-order valence-electron chi connectivity index (χ2n) is 5.82. The lowest BCUT2D eigenvalue weighted by Gasteiger charge is -2.29. The lowest BCUT2D eigenvalue weighted by molar-refractivity contribution is 0.0698. The van der Waals surface area contributed by atoms with Crippen LogP contribution in [0, 0.1) is 5.92 Å². The van der Waals surface area contributed by atoms with E-state index >= 15 is 0 Å². The Kier molecular flexibility index (Phi) is 3.55. The molecule has 0 aliphatic carbocycles. The SMILES string of the molecule is CN1CCCC(Cn2c(=O)[nH]c3cccc(C(=O)O)c32)C1. The molecule has 1 unspecified atom stereocenters. The van der Waals surface area contributed by atoms with E-state index in [4.69, 9.17) is 0 Å². The third-order valence-corrected chi connectivity index (χ3v) is 4.19. The van der Waals surface area contributed by atoms with Crippen molar-refractivity contribution < 1.29 is 9.90 Å². The van der Waals surface area contributed by atoms with Gasteiger partial charge in [-0.05, 0) is 44.5 Å².